The van der Waals surface area contributed by atoms with Crippen LogP contribution in [0.4, 0.5) is 13.2 Å². The fraction of sp³-hybridized carbons (Fsp3) is 0.0714. The number of carbonyl (C=O) groups is 1. The molecule has 2 aromatic heterocycles. The maximum absolute atomic E-state index is 13.4. The first-order chi connectivity index (χ1) is 18.1. The highest BCUT2D eigenvalue weighted by Crippen LogP contribution is 2.32. The Bertz CT molecular complexity index is 1780. The first-order valence-corrected chi connectivity index (χ1v) is 11.3. The van der Waals surface area contributed by atoms with Gasteiger partial charge in [-0.3, -0.25) is 4.79 Å². The summed E-state index contributed by atoms with van der Waals surface area (Å²) in [6, 6.07) is 18.9. The van der Waals surface area contributed by atoms with E-state index in [1.807, 2.05) is 0 Å². The van der Waals surface area contributed by atoms with Crippen LogP contribution in [0, 0.1) is 6.92 Å². The number of fused-ring (bicyclic) bond motifs is 1. The Morgan fingerprint density at radius 2 is 1.82 bits per heavy atom. The number of hydrogen-bond donors (Lipinski definition) is 1. The highest BCUT2D eigenvalue weighted by Gasteiger charge is 2.31. The van der Waals surface area contributed by atoms with E-state index in [0.29, 0.717) is 22.4 Å². The largest absolute Gasteiger partial charge is 0.478 e. The number of aryl methyl sites for hydroxylation is 1. The normalized spacial score (nSPS) is 11.9. The summed E-state index contributed by atoms with van der Waals surface area (Å²) in [6.07, 6.45) is -3.31. The van der Waals surface area contributed by atoms with Crippen molar-refractivity contribution in [3.8, 4) is 22.7 Å². The van der Waals surface area contributed by atoms with Crippen molar-refractivity contribution in [3.63, 3.8) is 0 Å². The van der Waals surface area contributed by atoms with Crippen LogP contribution in [-0.2, 0) is 6.18 Å². The molecule has 5 rings (SSSR count). The molecule has 0 spiro atoms. The number of nitrogens with zero attached hydrogens (tertiary/aromatic N) is 3. The number of carboxylic acids is 1. The van der Waals surface area contributed by atoms with E-state index >= 15 is 0 Å². The Kier molecular flexibility index (Phi) is 6.15. The molecule has 5 aromatic rings. The third-order valence-electron chi connectivity index (χ3n) is 5.87. The second-order valence-corrected chi connectivity index (χ2v) is 8.43. The predicted molar refractivity (Wildman–Crippen MR) is 135 cm³/mol. The number of aromatic nitrogens is 2. The number of halogens is 3. The quantitative estimate of drug-likeness (QED) is 0.279. The van der Waals surface area contributed by atoms with Gasteiger partial charge >= 0.3 is 12.1 Å². The first kappa shape index (κ1) is 24.7. The van der Waals surface area contributed by atoms with Crippen molar-refractivity contribution in [2.24, 2.45) is 5.10 Å². The molecular weight excluding hydrogens is 499 g/mol. The minimum Gasteiger partial charge on any atom is -0.478 e. The summed E-state index contributed by atoms with van der Waals surface area (Å²) in [7, 11) is 0. The minimum atomic E-state index is -4.58. The standard InChI is InChI=1S/C28H18F3N3O4/c1-16-13-18(27(36)37)9-11-21(16)24-12-10-20(38-24)15-32-34-25(17-5-4-6-19(14-17)28(29,30)31)33-23-8-3-2-7-22(23)26(34)35/h2-15H,1H3,(H,36,37). The average Bonchev–Trinajstić information content (AvgIpc) is 3.36. The van der Waals surface area contributed by atoms with E-state index in [-0.39, 0.29) is 28.1 Å². The summed E-state index contributed by atoms with van der Waals surface area (Å²) in [5.41, 5.74) is 0.434. The highest BCUT2D eigenvalue weighted by molar-refractivity contribution is 5.89. The van der Waals surface area contributed by atoms with Gasteiger partial charge in [0.2, 0.25) is 0 Å². The van der Waals surface area contributed by atoms with Crippen LogP contribution in [0.5, 0.6) is 0 Å². The second-order valence-electron chi connectivity index (χ2n) is 8.43. The molecule has 0 aliphatic rings. The van der Waals surface area contributed by atoms with Gasteiger partial charge in [-0.05, 0) is 61.0 Å². The topological polar surface area (TPSA) is 97.7 Å². The smallest absolute Gasteiger partial charge is 0.416 e. The number of hydrogen-bond acceptors (Lipinski definition) is 5. The zero-order valence-electron chi connectivity index (χ0n) is 19.7. The molecule has 0 amide bonds. The number of furan rings is 1. The van der Waals surface area contributed by atoms with Gasteiger partial charge in [0.25, 0.3) is 5.56 Å². The van der Waals surface area contributed by atoms with Gasteiger partial charge < -0.3 is 9.52 Å². The van der Waals surface area contributed by atoms with Gasteiger partial charge in [-0.15, -0.1) is 0 Å². The Morgan fingerprint density at radius 3 is 2.55 bits per heavy atom. The van der Waals surface area contributed by atoms with Crippen LogP contribution in [0.2, 0.25) is 0 Å². The number of carboxylic acid groups (broad SMARTS) is 1. The van der Waals surface area contributed by atoms with Gasteiger partial charge in [0.15, 0.2) is 5.82 Å². The first-order valence-electron chi connectivity index (χ1n) is 11.3. The maximum atomic E-state index is 13.4. The molecule has 3 aromatic carbocycles. The molecule has 1 N–H and O–H groups in total. The molecule has 0 aliphatic heterocycles. The number of aromatic carboxylic acids is 1. The summed E-state index contributed by atoms with van der Waals surface area (Å²) in [6.45, 7) is 1.75. The highest BCUT2D eigenvalue weighted by atomic mass is 19.4. The number of para-hydroxylation sites is 1. The monoisotopic (exact) mass is 517 g/mol. The van der Waals surface area contributed by atoms with E-state index in [9.17, 15) is 27.9 Å². The fourth-order valence-corrected chi connectivity index (χ4v) is 4.01. The van der Waals surface area contributed by atoms with E-state index in [2.05, 4.69) is 10.1 Å². The van der Waals surface area contributed by atoms with Gasteiger partial charge in [0.05, 0.1) is 28.2 Å². The zero-order valence-corrected chi connectivity index (χ0v) is 19.7. The van der Waals surface area contributed by atoms with E-state index in [4.69, 9.17) is 4.42 Å². The minimum absolute atomic E-state index is 0.0640. The van der Waals surface area contributed by atoms with Crippen LogP contribution in [0.1, 0.15) is 27.2 Å². The van der Waals surface area contributed by atoms with E-state index in [0.717, 1.165) is 16.8 Å². The average molecular weight is 517 g/mol. The van der Waals surface area contributed by atoms with Crippen LogP contribution in [0.25, 0.3) is 33.6 Å². The van der Waals surface area contributed by atoms with E-state index in [1.165, 1.54) is 30.5 Å². The number of benzene rings is 3. The molecule has 0 bridgehead atoms. The SMILES string of the molecule is Cc1cc(C(=O)O)ccc1-c1ccc(C=Nn2c(-c3cccc(C(F)(F)F)c3)nc3ccccc3c2=O)o1. The number of rotatable bonds is 5. The summed E-state index contributed by atoms with van der Waals surface area (Å²) >= 11 is 0. The summed E-state index contributed by atoms with van der Waals surface area (Å²) < 4.78 is 46.8. The van der Waals surface area contributed by atoms with Gasteiger partial charge in [-0.2, -0.15) is 22.9 Å². The van der Waals surface area contributed by atoms with Crippen molar-refractivity contribution in [1.29, 1.82) is 0 Å². The van der Waals surface area contributed by atoms with Crippen molar-refractivity contribution < 1.29 is 27.5 Å². The fourth-order valence-electron chi connectivity index (χ4n) is 4.01. The Hall–Kier alpha value is -4.99. The van der Waals surface area contributed by atoms with Crippen molar-refractivity contribution in [2.75, 3.05) is 0 Å². The third kappa shape index (κ3) is 4.71. The van der Waals surface area contributed by atoms with Crippen molar-refractivity contribution in [1.82, 2.24) is 9.66 Å². The van der Waals surface area contributed by atoms with Crippen LogP contribution >= 0.6 is 0 Å². The predicted octanol–water partition coefficient (Wildman–Crippen LogP) is 6.23. The molecule has 0 fully saturated rings. The van der Waals surface area contributed by atoms with Gasteiger partial charge in [-0.1, -0.05) is 30.3 Å². The molecule has 0 unspecified atom stereocenters. The lowest BCUT2D eigenvalue weighted by atomic mass is 10.0. The van der Waals surface area contributed by atoms with Crippen LogP contribution in [0.15, 0.2) is 93.2 Å². The van der Waals surface area contributed by atoms with Crippen molar-refractivity contribution in [3.05, 3.63) is 112 Å². The van der Waals surface area contributed by atoms with E-state index < -0.39 is 23.3 Å². The van der Waals surface area contributed by atoms with E-state index in [1.54, 1.807) is 49.4 Å². The van der Waals surface area contributed by atoms with Crippen LogP contribution in [-0.4, -0.2) is 27.0 Å². The van der Waals surface area contributed by atoms with Crippen LogP contribution < -0.4 is 5.56 Å². The lowest BCUT2D eigenvalue weighted by molar-refractivity contribution is -0.137. The van der Waals surface area contributed by atoms with Crippen LogP contribution in [0.3, 0.4) is 0 Å². The molecule has 38 heavy (non-hydrogen) atoms. The molecule has 0 atom stereocenters. The molecule has 0 radical (unpaired) electrons. The molecule has 0 saturated carbocycles. The Balaban J connectivity index is 1.58. The van der Waals surface area contributed by atoms with Gasteiger partial charge in [-0.25, -0.2) is 9.78 Å². The molecule has 0 aliphatic carbocycles. The summed E-state index contributed by atoms with van der Waals surface area (Å²) in [5, 5.41) is 13.6. The maximum Gasteiger partial charge on any atom is 0.416 e. The summed E-state index contributed by atoms with van der Waals surface area (Å²) in [5.74, 6) is -0.402. The molecule has 10 heteroatoms. The Labute approximate surface area is 213 Å². The second kappa shape index (κ2) is 9.47. The van der Waals surface area contributed by atoms with Crippen molar-refractivity contribution >= 4 is 23.1 Å². The molecule has 2 heterocycles. The molecule has 190 valence electrons. The number of alkyl halides is 3. The lowest BCUT2D eigenvalue weighted by Crippen LogP contribution is -2.20. The lowest BCUT2D eigenvalue weighted by Gasteiger charge is -2.11. The third-order valence-corrected chi connectivity index (χ3v) is 5.87. The summed E-state index contributed by atoms with van der Waals surface area (Å²) in [4.78, 5) is 28.9. The van der Waals surface area contributed by atoms with Gasteiger partial charge in [0.1, 0.15) is 11.5 Å². The molecule has 7 nitrogen and oxygen atoms in total. The molecule has 0 saturated heterocycles. The zero-order chi connectivity index (χ0) is 27.0. The molecular formula is C28H18F3N3O4. The van der Waals surface area contributed by atoms with Gasteiger partial charge in [0, 0.05) is 11.1 Å². The van der Waals surface area contributed by atoms with Crippen molar-refractivity contribution in [2.45, 2.75) is 13.1 Å². The Morgan fingerprint density at radius 1 is 1.03 bits per heavy atom.